The Labute approximate surface area is 151 Å². The summed E-state index contributed by atoms with van der Waals surface area (Å²) in [5.74, 6) is -1.69. The molecule has 0 aliphatic carbocycles. The van der Waals surface area contributed by atoms with Crippen LogP contribution in [0.4, 0.5) is 5.69 Å². The Morgan fingerprint density at radius 1 is 1.44 bits per heavy atom. The molecule has 2 heterocycles. The van der Waals surface area contributed by atoms with E-state index in [2.05, 4.69) is 4.98 Å². The summed E-state index contributed by atoms with van der Waals surface area (Å²) in [7, 11) is 2.50. The number of hydrogen-bond donors (Lipinski definition) is 0. The molecule has 1 aliphatic rings. The lowest BCUT2D eigenvalue weighted by Gasteiger charge is -2.13. The van der Waals surface area contributed by atoms with Crippen molar-refractivity contribution in [2.75, 3.05) is 0 Å². The third-order valence-electron chi connectivity index (χ3n) is 3.19. The van der Waals surface area contributed by atoms with Crippen molar-refractivity contribution in [3.05, 3.63) is 28.4 Å². The van der Waals surface area contributed by atoms with Crippen LogP contribution in [-0.2, 0) is 19.2 Å². The zero-order valence-electron chi connectivity index (χ0n) is 13.2. The predicted octanol–water partition coefficient (Wildman–Crippen LogP) is 2.51. The van der Waals surface area contributed by atoms with Crippen molar-refractivity contribution in [1.82, 2.24) is 10.0 Å². The van der Waals surface area contributed by atoms with Gasteiger partial charge in [-0.1, -0.05) is 17.7 Å². The van der Waals surface area contributed by atoms with Gasteiger partial charge in [0.2, 0.25) is 0 Å². The van der Waals surface area contributed by atoms with Crippen LogP contribution in [0.25, 0.3) is 0 Å². The molecule has 0 N–H and O–H groups in total. The number of carbonyl (C=O) groups excluding carboxylic acids is 3. The molecule has 0 aromatic carbocycles. The molecule has 1 saturated heterocycles. The summed E-state index contributed by atoms with van der Waals surface area (Å²) in [6.07, 6.45) is 2.03. The number of pyridine rings is 1. The molecule has 1 aromatic rings. The molecule has 2 amide bonds. The highest BCUT2D eigenvalue weighted by Gasteiger charge is 2.32. The van der Waals surface area contributed by atoms with Gasteiger partial charge in [-0.05, 0) is 23.3 Å². The van der Waals surface area contributed by atoms with Crippen molar-refractivity contribution in [2.45, 2.75) is 42.9 Å². The minimum atomic E-state index is -0.662. The average molecular weight is 385 g/mol. The standard InChI is InChI=1S/C14H15N3O6S2/c1-9(24-25-14-10(17(21)22)3-2-8-15-14)4-7-13(20)23-16-11(18)5-6-12(16)19/h2-3,8-9H,4-7H2,1H3. The molecule has 1 aliphatic heterocycles. The summed E-state index contributed by atoms with van der Waals surface area (Å²) < 4.78 is 0. The maximum absolute atomic E-state index is 11.7. The Morgan fingerprint density at radius 3 is 2.76 bits per heavy atom. The van der Waals surface area contributed by atoms with Crippen molar-refractivity contribution in [1.29, 1.82) is 0 Å². The fraction of sp³-hybridized carbons (Fsp3) is 0.429. The predicted molar refractivity (Wildman–Crippen MR) is 90.2 cm³/mol. The first kappa shape index (κ1) is 19.2. The Bertz CT molecular complexity index is 683. The molecule has 1 fully saturated rings. The van der Waals surface area contributed by atoms with Gasteiger partial charge in [0, 0.05) is 36.8 Å². The quantitative estimate of drug-likeness (QED) is 0.287. The normalized spacial score (nSPS) is 15.3. The summed E-state index contributed by atoms with van der Waals surface area (Å²) in [4.78, 5) is 53.6. The first-order valence-corrected chi connectivity index (χ1v) is 9.59. The molecule has 1 unspecified atom stereocenters. The Morgan fingerprint density at radius 2 is 2.12 bits per heavy atom. The number of rotatable bonds is 8. The van der Waals surface area contributed by atoms with Gasteiger partial charge in [-0.3, -0.25) is 19.7 Å². The van der Waals surface area contributed by atoms with E-state index < -0.39 is 22.7 Å². The van der Waals surface area contributed by atoms with Crippen LogP contribution in [0.3, 0.4) is 0 Å². The molecule has 0 spiro atoms. The van der Waals surface area contributed by atoms with Crippen LogP contribution in [0.5, 0.6) is 0 Å². The summed E-state index contributed by atoms with van der Waals surface area (Å²) >= 11 is 0. The number of hydroxylamine groups is 2. The second-order valence-corrected chi connectivity index (χ2v) is 7.79. The minimum absolute atomic E-state index is 0.0239. The van der Waals surface area contributed by atoms with Crippen molar-refractivity contribution in [3.63, 3.8) is 0 Å². The van der Waals surface area contributed by atoms with Crippen LogP contribution in [0.15, 0.2) is 23.4 Å². The van der Waals surface area contributed by atoms with Crippen molar-refractivity contribution in [2.24, 2.45) is 0 Å². The zero-order chi connectivity index (χ0) is 18.4. The second-order valence-electron chi connectivity index (χ2n) is 5.16. The summed E-state index contributed by atoms with van der Waals surface area (Å²) in [6, 6.07) is 2.87. The zero-order valence-corrected chi connectivity index (χ0v) is 14.9. The third kappa shape index (κ3) is 5.43. The van der Waals surface area contributed by atoms with E-state index in [-0.39, 0.29) is 30.2 Å². The van der Waals surface area contributed by atoms with E-state index in [9.17, 15) is 24.5 Å². The number of amides is 2. The molecule has 25 heavy (non-hydrogen) atoms. The molecule has 134 valence electrons. The van der Waals surface area contributed by atoms with E-state index in [1.165, 1.54) is 29.1 Å². The van der Waals surface area contributed by atoms with Gasteiger partial charge in [0.05, 0.1) is 4.92 Å². The lowest BCUT2D eigenvalue weighted by atomic mass is 10.2. The van der Waals surface area contributed by atoms with Crippen LogP contribution in [-0.4, -0.2) is 38.0 Å². The first-order chi connectivity index (χ1) is 11.9. The van der Waals surface area contributed by atoms with Gasteiger partial charge < -0.3 is 4.84 Å². The first-order valence-electron chi connectivity index (χ1n) is 7.37. The monoisotopic (exact) mass is 385 g/mol. The van der Waals surface area contributed by atoms with Gasteiger partial charge in [0.15, 0.2) is 5.03 Å². The van der Waals surface area contributed by atoms with Crippen LogP contribution in [0.2, 0.25) is 0 Å². The van der Waals surface area contributed by atoms with Crippen LogP contribution >= 0.6 is 21.6 Å². The van der Waals surface area contributed by atoms with Crippen molar-refractivity contribution in [3.8, 4) is 0 Å². The van der Waals surface area contributed by atoms with Crippen LogP contribution < -0.4 is 0 Å². The third-order valence-corrected chi connectivity index (χ3v) is 6.07. The van der Waals surface area contributed by atoms with E-state index >= 15 is 0 Å². The fourth-order valence-electron chi connectivity index (χ4n) is 1.89. The molecule has 11 heteroatoms. The molecular formula is C14H15N3O6S2. The van der Waals surface area contributed by atoms with Gasteiger partial charge in [-0.25, -0.2) is 9.78 Å². The summed E-state index contributed by atoms with van der Waals surface area (Å²) in [5, 5.41) is 11.7. The lowest BCUT2D eigenvalue weighted by molar-refractivity contribution is -0.388. The number of hydrogen-bond acceptors (Lipinski definition) is 9. The van der Waals surface area contributed by atoms with E-state index in [1.54, 1.807) is 0 Å². The van der Waals surface area contributed by atoms with E-state index in [0.29, 0.717) is 16.5 Å². The Kier molecular flexibility index (Phi) is 6.76. The van der Waals surface area contributed by atoms with E-state index in [1.807, 2.05) is 6.92 Å². The fourth-order valence-corrected chi connectivity index (χ4v) is 4.13. The van der Waals surface area contributed by atoms with Gasteiger partial charge in [-0.2, -0.15) is 0 Å². The number of carbonyl (C=O) groups is 3. The molecule has 2 rings (SSSR count). The van der Waals surface area contributed by atoms with E-state index in [0.717, 1.165) is 10.8 Å². The van der Waals surface area contributed by atoms with E-state index in [4.69, 9.17) is 4.84 Å². The summed E-state index contributed by atoms with van der Waals surface area (Å²) in [5.41, 5.74) is -0.0716. The maximum atomic E-state index is 11.7. The van der Waals surface area contributed by atoms with Gasteiger partial charge in [0.1, 0.15) is 0 Å². The van der Waals surface area contributed by atoms with Crippen LogP contribution in [0, 0.1) is 10.1 Å². The highest BCUT2D eigenvalue weighted by molar-refractivity contribution is 8.76. The molecule has 0 radical (unpaired) electrons. The van der Waals surface area contributed by atoms with Gasteiger partial charge >= 0.3 is 11.7 Å². The highest BCUT2D eigenvalue weighted by Crippen LogP contribution is 2.39. The van der Waals surface area contributed by atoms with Gasteiger partial charge in [-0.15, -0.1) is 5.06 Å². The SMILES string of the molecule is CC(CCC(=O)ON1C(=O)CCC1=O)SSc1ncccc1[N+](=O)[O-]. The van der Waals surface area contributed by atoms with Crippen molar-refractivity contribution < 1.29 is 24.1 Å². The maximum Gasteiger partial charge on any atom is 0.333 e. The minimum Gasteiger partial charge on any atom is -0.330 e. The molecule has 1 aromatic heterocycles. The second kappa shape index (κ2) is 8.81. The topological polar surface area (TPSA) is 120 Å². The number of imide groups is 1. The number of nitro groups is 1. The lowest BCUT2D eigenvalue weighted by Crippen LogP contribution is -2.32. The number of aromatic nitrogens is 1. The molecule has 1 atom stereocenters. The Hall–Kier alpha value is -2.14. The van der Waals surface area contributed by atoms with Crippen LogP contribution in [0.1, 0.15) is 32.6 Å². The number of nitrogens with zero attached hydrogens (tertiary/aromatic N) is 3. The molecule has 9 nitrogen and oxygen atoms in total. The molecule has 0 saturated carbocycles. The largest absolute Gasteiger partial charge is 0.333 e. The highest BCUT2D eigenvalue weighted by atomic mass is 33.1. The Balaban J connectivity index is 1.76. The molecule has 0 bridgehead atoms. The van der Waals surface area contributed by atoms with Crippen molar-refractivity contribution >= 4 is 45.1 Å². The molecular weight excluding hydrogens is 370 g/mol. The van der Waals surface area contributed by atoms with Gasteiger partial charge in [0.25, 0.3) is 11.8 Å². The summed E-state index contributed by atoms with van der Waals surface area (Å²) in [6.45, 7) is 1.85. The smallest absolute Gasteiger partial charge is 0.330 e. The average Bonchev–Trinajstić information content (AvgIpc) is 2.90.